The van der Waals surface area contributed by atoms with Crippen LogP contribution in [0.25, 0.3) is 0 Å². The van der Waals surface area contributed by atoms with Crippen molar-refractivity contribution >= 4 is 21.8 Å². The number of carbonyl (C=O) groups excluding carboxylic acids is 1. The summed E-state index contributed by atoms with van der Waals surface area (Å²) in [5.41, 5.74) is -0.00602. The van der Waals surface area contributed by atoms with E-state index in [-0.39, 0.29) is 11.4 Å². The summed E-state index contributed by atoms with van der Waals surface area (Å²) < 4.78 is 0. The first-order valence-electron chi connectivity index (χ1n) is 4.10. The number of halogens is 1. The maximum atomic E-state index is 11.1. The van der Waals surface area contributed by atoms with E-state index in [2.05, 4.69) is 38.9 Å². The van der Waals surface area contributed by atoms with E-state index in [9.17, 15) is 4.79 Å². The average Bonchev–Trinajstić information content (AvgIpc) is 2.36. The van der Waals surface area contributed by atoms with Gasteiger partial charge < -0.3 is 5.32 Å². The Morgan fingerprint density at radius 3 is 2.58 bits per heavy atom. The molecule has 0 atom stereocenters. The highest BCUT2D eigenvalue weighted by Crippen LogP contribution is 2.28. The summed E-state index contributed by atoms with van der Waals surface area (Å²) in [5, 5.41) is 2.91. The maximum Gasteiger partial charge on any atom is 0.297 e. The van der Waals surface area contributed by atoms with E-state index in [4.69, 9.17) is 0 Å². The van der Waals surface area contributed by atoms with Crippen LogP contribution < -0.4 is 5.32 Å². The molecule has 3 heteroatoms. The zero-order valence-electron chi connectivity index (χ0n) is 7.11. The number of carbonyl (C=O) groups is 1. The fourth-order valence-electron chi connectivity index (χ4n) is 1.63. The van der Waals surface area contributed by atoms with E-state index in [1.165, 1.54) is 12.8 Å². The average molecular weight is 230 g/mol. The lowest BCUT2D eigenvalue weighted by Gasteiger charge is -2.23. The molecule has 1 N–H and O–H groups in total. The molecule has 0 aromatic heterocycles. The molecule has 0 radical (unpaired) electrons. The van der Waals surface area contributed by atoms with Gasteiger partial charge in [-0.25, -0.2) is 0 Å². The highest BCUT2D eigenvalue weighted by molar-refractivity contribution is 9.12. The van der Waals surface area contributed by atoms with Gasteiger partial charge in [0.05, 0.1) is 0 Å². The minimum atomic E-state index is -0.184. The van der Waals surface area contributed by atoms with Crippen LogP contribution in [0.4, 0.5) is 0 Å². The van der Waals surface area contributed by atoms with Crippen LogP contribution in [0, 0.1) is 10.8 Å². The Labute approximate surface area is 81.2 Å². The van der Waals surface area contributed by atoms with Crippen LogP contribution in [0.1, 0.15) is 32.6 Å². The SMILES string of the molecule is CC1(NC(=O)C#CBr)CCCC1. The second-order valence-corrected chi connectivity index (χ2v) is 3.84. The lowest BCUT2D eigenvalue weighted by atomic mass is 10.0. The summed E-state index contributed by atoms with van der Waals surface area (Å²) in [6.45, 7) is 2.08. The first-order chi connectivity index (χ1) is 5.66. The van der Waals surface area contributed by atoms with Crippen LogP contribution in [-0.2, 0) is 4.79 Å². The van der Waals surface area contributed by atoms with Crippen LogP contribution in [0.2, 0.25) is 0 Å². The summed E-state index contributed by atoms with van der Waals surface area (Å²) in [7, 11) is 0. The Morgan fingerprint density at radius 1 is 1.50 bits per heavy atom. The predicted octanol–water partition coefficient (Wildman–Crippen LogP) is 1.79. The minimum Gasteiger partial charge on any atom is -0.340 e. The Morgan fingerprint density at radius 2 is 2.08 bits per heavy atom. The van der Waals surface area contributed by atoms with Gasteiger partial charge >= 0.3 is 0 Å². The van der Waals surface area contributed by atoms with Gasteiger partial charge in [0.25, 0.3) is 5.91 Å². The first kappa shape index (κ1) is 9.60. The molecule has 0 aromatic rings. The lowest BCUT2D eigenvalue weighted by Crippen LogP contribution is -2.42. The highest BCUT2D eigenvalue weighted by Gasteiger charge is 2.29. The second kappa shape index (κ2) is 3.95. The normalized spacial score (nSPS) is 19.5. The lowest BCUT2D eigenvalue weighted by molar-refractivity contribution is -0.117. The van der Waals surface area contributed by atoms with E-state index in [0.717, 1.165) is 12.8 Å². The molecule has 1 rings (SSSR count). The van der Waals surface area contributed by atoms with Gasteiger partial charge in [0.1, 0.15) is 0 Å². The molecule has 12 heavy (non-hydrogen) atoms. The van der Waals surface area contributed by atoms with Gasteiger partial charge in [-0.2, -0.15) is 0 Å². The Hall–Kier alpha value is -0.490. The van der Waals surface area contributed by atoms with E-state index < -0.39 is 0 Å². The summed E-state index contributed by atoms with van der Waals surface area (Å²) in [4.78, 5) is 13.5. The van der Waals surface area contributed by atoms with Gasteiger partial charge in [0.2, 0.25) is 0 Å². The van der Waals surface area contributed by atoms with Gasteiger partial charge in [0, 0.05) is 27.4 Å². The fourth-order valence-corrected chi connectivity index (χ4v) is 1.81. The molecule has 1 fully saturated rings. The molecule has 0 spiro atoms. The van der Waals surface area contributed by atoms with Crippen molar-refractivity contribution in [1.29, 1.82) is 0 Å². The van der Waals surface area contributed by atoms with Crippen LogP contribution in [0.5, 0.6) is 0 Å². The molecule has 0 aliphatic heterocycles. The second-order valence-electron chi connectivity index (χ2n) is 3.44. The van der Waals surface area contributed by atoms with E-state index in [0.29, 0.717) is 0 Å². The van der Waals surface area contributed by atoms with Gasteiger partial charge in [-0.1, -0.05) is 12.8 Å². The molecule has 1 amide bonds. The molecular weight excluding hydrogens is 218 g/mol. The number of nitrogens with one attached hydrogen (secondary N) is 1. The van der Waals surface area contributed by atoms with Crippen molar-refractivity contribution in [2.45, 2.75) is 38.1 Å². The molecular formula is C9H12BrNO. The fraction of sp³-hybridized carbons (Fsp3) is 0.667. The topological polar surface area (TPSA) is 29.1 Å². The third-order valence-corrected chi connectivity index (χ3v) is 2.48. The Bertz CT molecular complexity index is 233. The van der Waals surface area contributed by atoms with Crippen LogP contribution >= 0.6 is 15.9 Å². The van der Waals surface area contributed by atoms with Gasteiger partial charge in [-0.05, 0) is 24.6 Å². The monoisotopic (exact) mass is 229 g/mol. The van der Waals surface area contributed by atoms with E-state index in [1.54, 1.807) is 0 Å². The van der Waals surface area contributed by atoms with Gasteiger partial charge in [-0.15, -0.1) is 0 Å². The number of hydrogen-bond acceptors (Lipinski definition) is 1. The van der Waals surface area contributed by atoms with Gasteiger partial charge in [0.15, 0.2) is 0 Å². The summed E-state index contributed by atoms with van der Waals surface area (Å²) in [6.07, 6.45) is 4.56. The van der Waals surface area contributed by atoms with Crippen molar-refractivity contribution in [3.63, 3.8) is 0 Å². The van der Waals surface area contributed by atoms with Crippen molar-refractivity contribution < 1.29 is 4.79 Å². The van der Waals surface area contributed by atoms with E-state index in [1.807, 2.05) is 0 Å². The molecule has 0 bridgehead atoms. The molecule has 1 aliphatic rings. The Balaban J connectivity index is 2.47. The molecule has 2 nitrogen and oxygen atoms in total. The molecule has 0 saturated heterocycles. The number of amides is 1. The molecule has 0 heterocycles. The first-order valence-corrected chi connectivity index (χ1v) is 4.89. The molecule has 0 unspecified atom stereocenters. The van der Waals surface area contributed by atoms with Crippen molar-refractivity contribution in [2.75, 3.05) is 0 Å². The van der Waals surface area contributed by atoms with Crippen LogP contribution in [-0.4, -0.2) is 11.4 Å². The van der Waals surface area contributed by atoms with Crippen LogP contribution in [0.3, 0.4) is 0 Å². The summed E-state index contributed by atoms with van der Waals surface area (Å²) in [5.74, 6) is 2.23. The maximum absolute atomic E-state index is 11.1. The molecule has 0 aromatic carbocycles. The smallest absolute Gasteiger partial charge is 0.297 e. The van der Waals surface area contributed by atoms with Crippen molar-refractivity contribution in [3.8, 4) is 10.8 Å². The summed E-state index contributed by atoms with van der Waals surface area (Å²) >= 11 is 2.90. The Kier molecular flexibility index (Phi) is 3.16. The molecule has 66 valence electrons. The number of hydrogen-bond donors (Lipinski definition) is 1. The molecule has 1 aliphatic carbocycles. The van der Waals surface area contributed by atoms with Crippen molar-refractivity contribution in [1.82, 2.24) is 5.32 Å². The number of rotatable bonds is 1. The predicted molar refractivity (Wildman–Crippen MR) is 51.7 cm³/mol. The highest BCUT2D eigenvalue weighted by atomic mass is 79.9. The zero-order valence-corrected chi connectivity index (χ0v) is 8.70. The van der Waals surface area contributed by atoms with Crippen molar-refractivity contribution in [2.24, 2.45) is 0 Å². The van der Waals surface area contributed by atoms with Crippen molar-refractivity contribution in [3.05, 3.63) is 0 Å². The standard InChI is InChI=1S/C9H12BrNO/c1-9(5-2-3-6-9)11-8(12)4-7-10/h2-3,5-6H2,1H3,(H,11,12). The van der Waals surface area contributed by atoms with Gasteiger partial charge in [-0.3, -0.25) is 4.79 Å². The largest absolute Gasteiger partial charge is 0.340 e. The van der Waals surface area contributed by atoms with Crippen LogP contribution in [0.15, 0.2) is 0 Å². The third kappa shape index (κ3) is 2.53. The zero-order chi connectivity index (χ0) is 9.03. The van der Waals surface area contributed by atoms with E-state index >= 15 is 0 Å². The summed E-state index contributed by atoms with van der Waals surface area (Å²) in [6, 6.07) is 0. The minimum absolute atomic E-state index is 0.00602. The molecule has 1 saturated carbocycles. The quantitative estimate of drug-likeness (QED) is 0.683. The third-order valence-electron chi connectivity index (χ3n) is 2.28.